The molecular formula is C44H81NO9. The molecule has 316 valence electrons. The van der Waals surface area contributed by atoms with Crippen LogP contribution in [0.4, 0.5) is 0 Å². The van der Waals surface area contributed by atoms with Crippen molar-refractivity contribution in [3.05, 3.63) is 36.5 Å². The third-order valence-corrected chi connectivity index (χ3v) is 10.3. The first-order chi connectivity index (χ1) is 26.3. The Kier molecular flexibility index (Phi) is 32.3. The van der Waals surface area contributed by atoms with Crippen LogP contribution in [0.2, 0.25) is 0 Å². The molecule has 1 heterocycles. The lowest BCUT2D eigenvalue weighted by Gasteiger charge is -2.40. The van der Waals surface area contributed by atoms with Gasteiger partial charge < -0.3 is 45.4 Å². The summed E-state index contributed by atoms with van der Waals surface area (Å²) in [4.78, 5) is 13.0. The van der Waals surface area contributed by atoms with E-state index in [0.717, 1.165) is 64.2 Å². The summed E-state index contributed by atoms with van der Waals surface area (Å²) >= 11 is 0. The molecule has 8 atom stereocenters. The average Bonchev–Trinajstić information content (AvgIpc) is 3.17. The van der Waals surface area contributed by atoms with Crippen LogP contribution in [0.5, 0.6) is 0 Å². The maximum absolute atomic E-state index is 13.0. The van der Waals surface area contributed by atoms with Gasteiger partial charge in [0.15, 0.2) is 6.29 Å². The highest BCUT2D eigenvalue weighted by Gasteiger charge is 2.44. The molecule has 1 amide bonds. The van der Waals surface area contributed by atoms with Gasteiger partial charge >= 0.3 is 0 Å². The molecule has 0 aromatic carbocycles. The third kappa shape index (κ3) is 24.8. The molecule has 0 aromatic rings. The minimum Gasteiger partial charge on any atom is -0.394 e. The Labute approximate surface area is 328 Å². The summed E-state index contributed by atoms with van der Waals surface area (Å²) in [5.41, 5.74) is 0. The number of amides is 1. The molecule has 0 radical (unpaired) electrons. The van der Waals surface area contributed by atoms with E-state index in [-0.39, 0.29) is 6.61 Å². The second kappa shape index (κ2) is 34.6. The van der Waals surface area contributed by atoms with Crippen molar-refractivity contribution in [2.24, 2.45) is 0 Å². The SMILES string of the molecule is CCCCC/C=C\C/C=C\CCCCCCCCC(O)C(=O)NC(COC1OC(CO)C(O)C(O)C1O)C(O)/C=C/CCCCCCCCCCCCC. The summed E-state index contributed by atoms with van der Waals surface area (Å²) in [6.07, 6.45) is 30.8. The molecule has 1 saturated heterocycles. The van der Waals surface area contributed by atoms with Crippen LogP contribution < -0.4 is 5.32 Å². The fourth-order valence-corrected chi connectivity index (χ4v) is 6.66. The zero-order chi connectivity index (χ0) is 39.7. The summed E-state index contributed by atoms with van der Waals surface area (Å²) in [5.74, 6) is -0.627. The highest BCUT2D eigenvalue weighted by Crippen LogP contribution is 2.22. The number of hydrogen-bond acceptors (Lipinski definition) is 9. The van der Waals surface area contributed by atoms with Crippen LogP contribution in [0.25, 0.3) is 0 Å². The number of rotatable bonds is 35. The van der Waals surface area contributed by atoms with Crippen LogP contribution >= 0.6 is 0 Å². The van der Waals surface area contributed by atoms with Crippen LogP contribution in [0.1, 0.15) is 174 Å². The van der Waals surface area contributed by atoms with Crippen molar-refractivity contribution in [3.63, 3.8) is 0 Å². The third-order valence-electron chi connectivity index (χ3n) is 10.3. The molecule has 0 spiro atoms. The number of aliphatic hydroxyl groups excluding tert-OH is 6. The Hall–Kier alpha value is -1.63. The molecule has 0 aromatic heterocycles. The highest BCUT2D eigenvalue weighted by atomic mass is 16.7. The predicted octanol–water partition coefficient (Wildman–Crippen LogP) is 7.47. The summed E-state index contributed by atoms with van der Waals surface area (Å²) < 4.78 is 11.1. The standard InChI is InChI=1S/C44H81NO9/c1-3-5-7-9-11-13-15-17-18-19-21-23-25-27-29-31-33-38(48)43(52)45-36(35-53-44-42(51)41(50)40(49)39(34-46)54-44)37(47)32-30-28-26-24-22-20-16-14-12-10-8-6-4-2/h11,13,17-18,30,32,36-42,44,46-51H,3-10,12,14-16,19-29,31,33-35H2,1-2H3,(H,45,52)/b13-11-,18-17-,32-30+. The van der Waals surface area contributed by atoms with E-state index in [1.54, 1.807) is 6.08 Å². The van der Waals surface area contributed by atoms with Gasteiger partial charge in [0.05, 0.1) is 25.4 Å². The van der Waals surface area contributed by atoms with Crippen molar-refractivity contribution in [2.75, 3.05) is 13.2 Å². The number of allylic oxidation sites excluding steroid dienone is 5. The number of carbonyl (C=O) groups is 1. The first kappa shape index (κ1) is 50.4. The van der Waals surface area contributed by atoms with E-state index in [1.807, 2.05) is 6.08 Å². The second-order valence-corrected chi connectivity index (χ2v) is 15.3. The molecule has 10 nitrogen and oxygen atoms in total. The van der Waals surface area contributed by atoms with Crippen molar-refractivity contribution in [3.8, 4) is 0 Å². The van der Waals surface area contributed by atoms with E-state index >= 15 is 0 Å². The summed E-state index contributed by atoms with van der Waals surface area (Å²) in [5, 5.41) is 64.5. The lowest BCUT2D eigenvalue weighted by atomic mass is 9.99. The lowest BCUT2D eigenvalue weighted by molar-refractivity contribution is -0.302. The number of carbonyl (C=O) groups excluding carboxylic acids is 1. The molecule has 0 saturated carbocycles. The van der Waals surface area contributed by atoms with E-state index in [4.69, 9.17) is 9.47 Å². The van der Waals surface area contributed by atoms with Crippen molar-refractivity contribution in [1.29, 1.82) is 0 Å². The van der Waals surface area contributed by atoms with Gasteiger partial charge in [0, 0.05) is 0 Å². The Morgan fingerprint density at radius 1 is 0.648 bits per heavy atom. The molecule has 0 bridgehead atoms. The van der Waals surface area contributed by atoms with Crippen molar-refractivity contribution < 1.29 is 44.9 Å². The second-order valence-electron chi connectivity index (χ2n) is 15.3. The Morgan fingerprint density at radius 3 is 1.69 bits per heavy atom. The topological polar surface area (TPSA) is 169 Å². The molecule has 8 unspecified atom stereocenters. The quantitative estimate of drug-likeness (QED) is 0.0256. The van der Waals surface area contributed by atoms with E-state index in [2.05, 4.69) is 43.5 Å². The number of unbranched alkanes of at least 4 members (excludes halogenated alkanes) is 20. The largest absolute Gasteiger partial charge is 0.394 e. The molecule has 1 aliphatic rings. The number of hydrogen-bond donors (Lipinski definition) is 7. The van der Waals surface area contributed by atoms with Crippen molar-refractivity contribution in [2.45, 2.75) is 223 Å². The van der Waals surface area contributed by atoms with Crippen molar-refractivity contribution in [1.82, 2.24) is 5.32 Å². The molecule has 10 heteroatoms. The van der Waals surface area contributed by atoms with Gasteiger partial charge in [0.25, 0.3) is 0 Å². The van der Waals surface area contributed by atoms with E-state index in [1.165, 1.54) is 83.5 Å². The van der Waals surface area contributed by atoms with Gasteiger partial charge in [-0.25, -0.2) is 0 Å². The highest BCUT2D eigenvalue weighted by molar-refractivity contribution is 5.80. The van der Waals surface area contributed by atoms with Gasteiger partial charge in [0.1, 0.15) is 30.5 Å². The molecule has 54 heavy (non-hydrogen) atoms. The Bertz CT molecular complexity index is 958. The fourth-order valence-electron chi connectivity index (χ4n) is 6.66. The van der Waals surface area contributed by atoms with Gasteiger partial charge in [-0.1, -0.05) is 159 Å². The predicted molar refractivity (Wildman–Crippen MR) is 218 cm³/mol. The number of ether oxygens (including phenoxy) is 2. The van der Waals surface area contributed by atoms with Gasteiger partial charge in [-0.15, -0.1) is 0 Å². The molecular weight excluding hydrogens is 686 g/mol. The minimum absolute atomic E-state index is 0.297. The Balaban J connectivity index is 2.46. The molecule has 0 aliphatic carbocycles. The minimum atomic E-state index is -1.61. The van der Waals surface area contributed by atoms with Gasteiger partial charge in [0.2, 0.25) is 5.91 Å². The number of aliphatic hydroxyl groups is 6. The van der Waals surface area contributed by atoms with Gasteiger partial charge in [-0.2, -0.15) is 0 Å². The summed E-state index contributed by atoms with van der Waals surface area (Å²) in [6.45, 7) is 3.55. The maximum Gasteiger partial charge on any atom is 0.249 e. The summed E-state index contributed by atoms with van der Waals surface area (Å²) in [7, 11) is 0. The lowest BCUT2D eigenvalue weighted by Crippen LogP contribution is -2.60. The average molecular weight is 768 g/mol. The van der Waals surface area contributed by atoms with Crippen LogP contribution in [-0.2, 0) is 14.3 Å². The van der Waals surface area contributed by atoms with Crippen LogP contribution in [0.3, 0.4) is 0 Å². The smallest absolute Gasteiger partial charge is 0.249 e. The van der Waals surface area contributed by atoms with Gasteiger partial charge in [-0.3, -0.25) is 4.79 Å². The number of nitrogens with one attached hydrogen (secondary N) is 1. The van der Waals surface area contributed by atoms with Crippen LogP contribution in [0, 0.1) is 0 Å². The normalized spacial score (nSPS) is 22.4. The Morgan fingerprint density at radius 2 is 1.13 bits per heavy atom. The van der Waals surface area contributed by atoms with E-state index in [0.29, 0.717) is 12.8 Å². The first-order valence-electron chi connectivity index (χ1n) is 21.8. The van der Waals surface area contributed by atoms with Crippen LogP contribution in [-0.4, -0.2) is 98.7 Å². The van der Waals surface area contributed by atoms with E-state index < -0.39 is 61.5 Å². The fraction of sp³-hybridized carbons (Fsp3) is 0.841. The molecule has 1 fully saturated rings. The van der Waals surface area contributed by atoms with Gasteiger partial charge in [-0.05, 0) is 51.4 Å². The molecule has 1 aliphatic heterocycles. The van der Waals surface area contributed by atoms with Crippen molar-refractivity contribution >= 4 is 5.91 Å². The maximum atomic E-state index is 13.0. The van der Waals surface area contributed by atoms with Crippen LogP contribution in [0.15, 0.2) is 36.5 Å². The molecule has 1 rings (SSSR count). The van der Waals surface area contributed by atoms with E-state index in [9.17, 15) is 35.4 Å². The monoisotopic (exact) mass is 768 g/mol. The zero-order valence-electron chi connectivity index (χ0n) is 34.1. The zero-order valence-corrected chi connectivity index (χ0v) is 34.1. The first-order valence-corrected chi connectivity index (χ1v) is 21.8. The molecule has 7 N–H and O–H groups in total. The summed E-state index contributed by atoms with van der Waals surface area (Å²) in [6, 6.07) is -0.982.